The summed E-state index contributed by atoms with van der Waals surface area (Å²) in [6, 6.07) is 12.6. The van der Waals surface area contributed by atoms with E-state index in [2.05, 4.69) is 5.18 Å². The van der Waals surface area contributed by atoms with Crippen molar-refractivity contribution in [2.45, 2.75) is 12.6 Å². The minimum Gasteiger partial charge on any atom is -0.384 e. The van der Waals surface area contributed by atoms with E-state index in [1.165, 1.54) is 24.3 Å². The van der Waals surface area contributed by atoms with Gasteiger partial charge < -0.3 is 5.11 Å². The molecule has 0 radical (unpaired) electrons. The Labute approximate surface area is 104 Å². The SMILES string of the molecule is O=NCc1ccccc1C(O)c1ccc(F)cc1. The maximum atomic E-state index is 12.8. The van der Waals surface area contributed by atoms with Gasteiger partial charge in [0.2, 0.25) is 0 Å². The predicted octanol–water partition coefficient (Wildman–Crippen LogP) is 3.17. The molecule has 0 saturated carbocycles. The monoisotopic (exact) mass is 245 g/mol. The fraction of sp³-hybridized carbons (Fsp3) is 0.143. The van der Waals surface area contributed by atoms with Crippen molar-refractivity contribution in [3.05, 3.63) is 75.9 Å². The molecule has 0 aliphatic carbocycles. The van der Waals surface area contributed by atoms with Gasteiger partial charge in [-0.05, 0) is 28.8 Å². The topological polar surface area (TPSA) is 49.7 Å². The second kappa shape index (κ2) is 5.51. The summed E-state index contributed by atoms with van der Waals surface area (Å²) in [7, 11) is 0. The number of halogens is 1. The molecule has 1 N–H and O–H groups in total. The standard InChI is InChI=1S/C14H12FNO2/c15-12-7-5-10(6-8-12)14(17)13-4-2-1-3-11(13)9-16-18/h1-8,14,17H,9H2. The molecule has 0 heterocycles. The summed E-state index contributed by atoms with van der Waals surface area (Å²) in [5.74, 6) is -0.353. The Balaban J connectivity index is 2.35. The molecule has 2 aromatic carbocycles. The number of hydrogen-bond acceptors (Lipinski definition) is 3. The molecule has 1 atom stereocenters. The summed E-state index contributed by atoms with van der Waals surface area (Å²) in [4.78, 5) is 10.3. The Morgan fingerprint density at radius 2 is 1.78 bits per heavy atom. The number of aliphatic hydroxyl groups is 1. The van der Waals surface area contributed by atoms with Gasteiger partial charge in [0.25, 0.3) is 0 Å². The highest BCUT2D eigenvalue weighted by Gasteiger charge is 2.14. The zero-order chi connectivity index (χ0) is 13.0. The van der Waals surface area contributed by atoms with E-state index >= 15 is 0 Å². The third-order valence-electron chi connectivity index (χ3n) is 2.77. The van der Waals surface area contributed by atoms with Gasteiger partial charge in [0.1, 0.15) is 18.5 Å². The number of rotatable bonds is 4. The van der Waals surface area contributed by atoms with Crippen LogP contribution in [0, 0.1) is 10.7 Å². The van der Waals surface area contributed by atoms with Gasteiger partial charge in [-0.25, -0.2) is 4.39 Å². The van der Waals surface area contributed by atoms with Crippen molar-refractivity contribution >= 4 is 0 Å². The van der Waals surface area contributed by atoms with Crippen LogP contribution in [0.5, 0.6) is 0 Å². The lowest BCUT2D eigenvalue weighted by Gasteiger charge is -2.14. The first-order valence-electron chi connectivity index (χ1n) is 5.53. The molecule has 0 aliphatic heterocycles. The quantitative estimate of drug-likeness (QED) is 0.841. The zero-order valence-electron chi connectivity index (χ0n) is 9.58. The Kier molecular flexibility index (Phi) is 3.79. The molecule has 0 amide bonds. The summed E-state index contributed by atoms with van der Waals surface area (Å²) in [5, 5.41) is 13.1. The first-order chi connectivity index (χ1) is 8.72. The van der Waals surface area contributed by atoms with Crippen LogP contribution < -0.4 is 0 Å². The van der Waals surface area contributed by atoms with Crippen molar-refractivity contribution in [1.29, 1.82) is 0 Å². The van der Waals surface area contributed by atoms with Crippen molar-refractivity contribution in [3.8, 4) is 0 Å². The van der Waals surface area contributed by atoms with Crippen LogP contribution in [0.4, 0.5) is 4.39 Å². The van der Waals surface area contributed by atoms with Gasteiger partial charge in [0.05, 0.1) is 0 Å². The van der Waals surface area contributed by atoms with Crippen LogP contribution in [0.2, 0.25) is 0 Å². The normalized spacial score (nSPS) is 12.1. The Bertz CT molecular complexity index is 540. The summed E-state index contributed by atoms with van der Waals surface area (Å²) in [6.45, 7) is 0.00836. The average molecular weight is 245 g/mol. The van der Waals surface area contributed by atoms with Crippen LogP contribution in [-0.2, 0) is 6.54 Å². The number of hydrogen-bond donors (Lipinski definition) is 1. The first kappa shape index (κ1) is 12.4. The molecule has 0 fully saturated rings. The van der Waals surface area contributed by atoms with E-state index in [1.807, 2.05) is 0 Å². The Morgan fingerprint density at radius 3 is 2.44 bits per heavy atom. The molecule has 0 aromatic heterocycles. The highest BCUT2D eigenvalue weighted by Crippen LogP contribution is 2.25. The maximum Gasteiger partial charge on any atom is 0.123 e. The molecule has 2 aromatic rings. The lowest BCUT2D eigenvalue weighted by atomic mass is 9.97. The number of aliphatic hydroxyl groups excluding tert-OH is 1. The largest absolute Gasteiger partial charge is 0.384 e. The molecule has 18 heavy (non-hydrogen) atoms. The van der Waals surface area contributed by atoms with E-state index in [4.69, 9.17) is 0 Å². The smallest absolute Gasteiger partial charge is 0.123 e. The van der Waals surface area contributed by atoms with Crippen molar-refractivity contribution in [2.75, 3.05) is 0 Å². The van der Waals surface area contributed by atoms with Crippen LogP contribution in [0.1, 0.15) is 22.8 Å². The van der Waals surface area contributed by atoms with Crippen LogP contribution in [0.25, 0.3) is 0 Å². The number of nitrogens with zero attached hydrogens (tertiary/aromatic N) is 1. The van der Waals surface area contributed by atoms with Gasteiger partial charge in [-0.3, -0.25) is 0 Å². The Morgan fingerprint density at radius 1 is 1.11 bits per heavy atom. The maximum absolute atomic E-state index is 12.8. The number of nitroso groups, excluding NO2 is 1. The van der Waals surface area contributed by atoms with Crippen LogP contribution in [0.15, 0.2) is 53.7 Å². The van der Waals surface area contributed by atoms with Crippen LogP contribution >= 0.6 is 0 Å². The van der Waals surface area contributed by atoms with Crippen molar-refractivity contribution in [2.24, 2.45) is 5.18 Å². The minimum atomic E-state index is -0.886. The van der Waals surface area contributed by atoms with E-state index in [0.717, 1.165) is 0 Å². The van der Waals surface area contributed by atoms with E-state index < -0.39 is 6.10 Å². The first-order valence-corrected chi connectivity index (χ1v) is 5.53. The summed E-state index contributed by atoms with van der Waals surface area (Å²) in [5.41, 5.74) is 1.86. The Hall–Kier alpha value is -2.07. The molecule has 3 nitrogen and oxygen atoms in total. The summed E-state index contributed by atoms with van der Waals surface area (Å²) in [6.07, 6.45) is -0.886. The summed E-state index contributed by atoms with van der Waals surface area (Å²) >= 11 is 0. The van der Waals surface area contributed by atoms with Crippen LogP contribution in [-0.4, -0.2) is 5.11 Å². The van der Waals surface area contributed by atoms with Crippen molar-refractivity contribution in [1.82, 2.24) is 0 Å². The summed E-state index contributed by atoms with van der Waals surface area (Å²) < 4.78 is 12.8. The molecule has 0 bridgehead atoms. The molecule has 2 rings (SSSR count). The lowest BCUT2D eigenvalue weighted by molar-refractivity contribution is 0.219. The molecular weight excluding hydrogens is 233 g/mol. The van der Waals surface area contributed by atoms with Gasteiger partial charge in [-0.15, -0.1) is 0 Å². The molecule has 0 spiro atoms. The van der Waals surface area contributed by atoms with Gasteiger partial charge in [0.15, 0.2) is 0 Å². The molecule has 0 saturated heterocycles. The van der Waals surface area contributed by atoms with E-state index in [9.17, 15) is 14.4 Å². The van der Waals surface area contributed by atoms with Gasteiger partial charge >= 0.3 is 0 Å². The molecule has 4 heteroatoms. The highest BCUT2D eigenvalue weighted by molar-refractivity contribution is 5.35. The lowest BCUT2D eigenvalue weighted by Crippen LogP contribution is -2.03. The third kappa shape index (κ3) is 2.60. The molecule has 1 unspecified atom stereocenters. The predicted molar refractivity (Wildman–Crippen MR) is 66.4 cm³/mol. The number of benzene rings is 2. The molecule has 0 aliphatic rings. The van der Waals surface area contributed by atoms with Gasteiger partial charge in [-0.1, -0.05) is 41.6 Å². The average Bonchev–Trinajstić information content (AvgIpc) is 2.40. The van der Waals surface area contributed by atoms with Crippen molar-refractivity contribution < 1.29 is 9.50 Å². The third-order valence-corrected chi connectivity index (χ3v) is 2.77. The van der Waals surface area contributed by atoms with E-state index in [0.29, 0.717) is 16.7 Å². The van der Waals surface area contributed by atoms with E-state index in [-0.39, 0.29) is 12.4 Å². The fourth-order valence-electron chi connectivity index (χ4n) is 1.84. The minimum absolute atomic E-state index is 0.00836. The zero-order valence-corrected chi connectivity index (χ0v) is 9.58. The molecule has 92 valence electrons. The molecular formula is C14H12FNO2. The van der Waals surface area contributed by atoms with Crippen molar-refractivity contribution in [3.63, 3.8) is 0 Å². The second-order valence-corrected chi connectivity index (χ2v) is 3.94. The highest BCUT2D eigenvalue weighted by atomic mass is 19.1. The second-order valence-electron chi connectivity index (χ2n) is 3.94. The van der Waals surface area contributed by atoms with Crippen LogP contribution in [0.3, 0.4) is 0 Å². The van der Waals surface area contributed by atoms with Gasteiger partial charge in [-0.2, -0.15) is 4.91 Å². The van der Waals surface area contributed by atoms with E-state index in [1.54, 1.807) is 24.3 Å². The van der Waals surface area contributed by atoms with Gasteiger partial charge in [0, 0.05) is 0 Å². The fourth-order valence-corrected chi connectivity index (χ4v) is 1.84.